The second-order valence-corrected chi connectivity index (χ2v) is 10.6. The van der Waals surface area contributed by atoms with Gasteiger partial charge in [0.25, 0.3) is 5.91 Å². The number of anilines is 2. The molecule has 0 aromatic heterocycles. The molecule has 2 aliphatic heterocycles. The summed E-state index contributed by atoms with van der Waals surface area (Å²) in [5.74, 6) is -0.0687. The van der Waals surface area contributed by atoms with E-state index < -0.39 is 0 Å². The molecule has 1 amide bonds. The van der Waals surface area contributed by atoms with Gasteiger partial charge in [-0.05, 0) is 60.0 Å². The van der Waals surface area contributed by atoms with Gasteiger partial charge in [0.15, 0.2) is 4.32 Å². The van der Waals surface area contributed by atoms with Crippen molar-refractivity contribution in [3.05, 3.63) is 107 Å². The number of allylic oxidation sites excluding steroid dienone is 3. The van der Waals surface area contributed by atoms with E-state index in [1.807, 2.05) is 42.5 Å². The maximum absolute atomic E-state index is 13.2. The van der Waals surface area contributed by atoms with Crippen LogP contribution in [-0.4, -0.2) is 16.8 Å². The highest BCUT2D eigenvalue weighted by atomic mass is 32.2. The van der Waals surface area contributed by atoms with Gasteiger partial charge < -0.3 is 4.90 Å². The van der Waals surface area contributed by atoms with Crippen LogP contribution in [0.2, 0.25) is 0 Å². The van der Waals surface area contributed by atoms with Crippen LogP contribution in [0.3, 0.4) is 0 Å². The molecule has 0 N–H and O–H groups in total. The maximum atomic E-state index is 13.2. The molecule has 0 atom stereocenters. The molecule has 2 aliphatic rings. The van der Waals surface area contributed by atoms with Gasteiger partial charge >= 0.3 is 0 Å². The van der Waals surface area contributed by atoms with Crippen molar-refractivity contribution in [1.29, 1.82) is 0 Å². The Labute approximate surface area is 210 Å². The van der Waals surface area contributed by atoms with Gasteiger partial charge in [-0.3, -0.25) is 9.69 Å². The number of rotatable bonds is 4. The molecule has 0 unspecified atom stereocenters. The van der Waals surface area contributed by atoms with Crippen LogP contribution in [0.4, 0.5) is 11.4 Å². The molecule has 34 heavy (non-hydrogen) atoms. The minimum Gasteiger partial charge on any atom is -0.344 e. The first-order valence-electron chi connectivity index (χ1n) is 11.4. The molecule has 3 aromatic carbocycles. The highest BCUT2D eigenvalue weighted by molar-refractivity contribution is 8.27. The highest BCUT2D eigenvalue weighted by Gasteiger charge is 2.40. The van der Waals surface area contributed by atoms with Gasteiger partial charge in [0.2, 0.25) is 0 Å². The largest absolute Gasteiger partial charge is 0.344 e. The van der Waals surface area contributed by atoms with Crippen molar-refractivity contribution in [1.82, 2.24) is 0 Å². The van der Waals surface area contributed by atoms with E-state index in [1.165, 1.54) is 39.8 Å². The third-order valence-electron chi connectivity index (χ3n) is 6.52. The number of nitrogens with zero attached hydrogens (tertiary/aromatic N) is 2. The van der Waals surface area contributed by atoms with Crippen LogP contribution in [0.15, 0.2) is 102 Å². The SMILES string of the molecule is CCN1C(=CC=C2SC(=S)N(c3ccccc3)C2=O)C(C)(C)c2cc(-c3ccccc3)ccc21. The maximum Gasteiger partial charge on any atom is 0.270 e. The first kappa shape index (κ1) is 22.6. The molecular weight excluding hydrogens is 456 g/mol. The number of thiocarbonyl (C=S) groups is 1. The molecular formula is C29H26N2OS2. The van der Waals surface area contributed by atoms with E-state index in [9.17, 15) is 4.79 Å². The fourth-order valence-corrected chi connectivity index (χ4v) is 6.00. The molecule has 2 heterocycles. The van der Waals surface area contributed by atoms with Crippen molar-refractivity contribution >= 4 is 45.6 Å². The molecule has 0 bridgehead atoms. The predicted molar refractivity (Wildman–Crippen MR) is 148 cm³/mol. The number of hydrogen-bond acceptors (Lipinski definition) is 4. The van der Waals surface area contributed by atoms with Gasteiger partial charge in [-0.2, -0.15) is 0 Å². The Morgan fingerprint density at radius 3 is 2.26 bits per heavy atom. The third kappa shape index (κ3) is 3.79. The minimum atomic E-state index is -0.195. The smallest absolute Gasteiger partial charge is 0.270 e. The normalized spacial score (nSPS) is 19.4. The van der Waals surface area contributed by atoms with E-state index in [0.717, 1.165) is 12.2 Å². The highest BCUT2D eigenvalue weighted by Crippen LogP contribution is 2.49. The second kappa shape index (κ2) is 8.90. The number of para-hydroxylation sites is 1. The van der Waals surface area contributed by atoms with E-state index >= 15 is 0 Å². The van der Waals surface area contributed by atoms with Crippen molar-refractivity contribution in [2.75, 3.05) is 16.3 Å². The predicted octanol–water partition coefficient (Wildman–Crippen LogP) is 7.30. The number of likely N-dealkylation sites (N-methyl/N-ethyl adjacent to an activating group) is 1. The number of carbonyl (C=O) groups is 1. The van der Waals surface area contributed by atoms with Crippen molar-refractivity contribution in [2.45, 2.75) is 26.2 Å². The van der Waals surface area contributed by atoms with Gasteiger partial charge in [-0.15, -0.1) is 0 Å². The lowest BCUT2D eigenvalue weighted by Gasteiger charge is -2.25. The Hall–Kier alpha value is -3.15. The number of hydrogen-bond donors (Lipinski definition) is 0. The molecule has 170 valence electrons. The lowest BCUT2D eigenvalue weighted by molar-refractivity contribution is -0.113. The van der Waals surface area contributed by atoms with Crippen molar-refractivity contribution in [3.8, 4) is 11.1 Å². The van der Waals surface area contributed by atoms with E-state index in [0.29, 0.717) is 9.23 Å². The number of benzene rings is 3. The number of thioether (sulfide) groups is 1. The molecule has 1 saturated heterocycles. The number of fused-ring (bicyclic) bond motifs is 1. The van der Waals surface area contributed by atoms with E-state index in [-0.39, 0.29) is 11.3 Å². The zero-order valence-electron chi connectivity index (χ0n) is 19.5. The third-order valence-corrected chi connectivity index (χ3v) is 7.84. The Kier molecular flexibility index (Phi) is 5.92. The Bertz CT molecular complexity index is 1330. The van der Waals surface area contributed by atoms with Gasteiger partial charge in [0.1, 0.15) is 0 Å². The molecule has 1 fully saturated rings. The molecule has 0 saturated carbocycles. The average Bonchev–Trinajstić information content (AvgIpc) is 3.26. The van der Waals surface area contributed by atoms with Gasteiger partial charge in [0.05, 0.1) is 10.6 Å². The van der Waals surface area contributed by atoms with Crippen molar-refractivity contribution in [2.24, 2.45) is 0 Å². The van der Waals surface area contributed by atoms with Crippen LogP contribution in [0.25, 0.3) is 11.1 Å². The summed E-state index contributed by atoms with van der Waals surface area (Å²) >= 11 is 6.89. The van der Waals surface area contributed by atoms with Gasteiger partial charge in [0, 0.05) is 23.3 Å². The van der Waals surface area contributed by atoms with Gasteiger partial charge in [-0.1, -0.05) is 92.4 Å². The topological polar surface area (TPSA) is 23.6 Å². The monoisotopic (exact) mass is 482 g/mol. The summed E-state index contributed by atoms with van der Waals surface area (Å²) in [7, 11) is 0. The minimum absolute atomic E-state index is 0.0687. The summed E-state index contributed by atoms with van der Waals surface area (Å²) in [5.41, 5.74) is 6.74. The van der Waals surface area contributed by atoms with Crippen LogP contribution in [0.1, 0.15) is 26.3 Å². The van der Waals surface area contributed by atoms with Crippen molar-refractivity contribution in [3.63, 3.8) is 0 Å². The molecule has 0 radical (unpaired) electrons. The standard InChI is InChI=1S/C29H26N2OS2/c1-4-30-24-16-15-21(20-11-7-5-8-12-20)19-23(24)29(2,3)26(30)18-17-25-27(32)31(28(33)34-25)22-13-9-6-10-14-22/h5-19H,4H2,1-3H3. The lowest BCUT2D eigenvalue weighted by Crippen LogP contribution is -2.27. The number of amides is 1. The Balaban J connectivity index is 1.51. The molecule has 0 spiro atoms. The quantitative estimate of drug-likeness (QED) is 0.287. The summed E-state index contributed by atoms with van der Waals surface area (Å²) in [5, 5.41) is 0. The summed E-state index contributed by atoms with van der Waals surface area (Å²) in [6, 6.07) is 26.8. The van der Waals surface area contributed by atoms with Crippen LogP contribution >= 0.6 is 24.0 Å². The second-order valence-electron chi connectivity index (χ2n) is 8.89. The van der Waals surface area contributed by atoms with Crippen LogP contribution in [0.5, 0.6) is 0 Å². The summed E-state index contributed by atoms with van der Waals surface area (Å²) in [6.45, 7) is 7.53. The summed E-state index contributed by atoms with van der Waals surface area (Å²) < 4.78 is 0.565. The van der Waals surface area contributed by atoms with Gasteiger partial charge in [-0.25, -0.2) is 0 Å². The average molecular weight is 483 g/mol. The first-order valence-corrected chi connectivity index (χ1v) is 12.7. The van der Waals surface area contributed by atoms with E-state index in [2.05, 4.69) is 74.2 Å². The molecule has 3 aromatic rings. The van der Waals surface area contributed by atoms with E-state index in [1.54, 1.807) is 4.90 Å². The summed E-state index contributed by atoms with van der Waals surface area (Å²) in [4.78, 5) is 17.8. The lowest BCUT2D eigenvalue weighted by atomic mass is 9.82. The van der Waals surface area contributed by atoms with Crippen LogP contribution in [0, 0.1) is 0 Å². The zero-order valence-corrected chi connectivity index (χ0v) is 21.1. The molecule has 5 heteroatoms. The molecule has 3 nitrogen and oxygen atoms in total. The molecule has 5 rings (SSSR count). The fraction of sp³-hybridized carbons (Fsp3) is 0.172. The fourth-order valence-electron chi connectivity index (χ4n) is 4.76. The van der Waals surface area contributed by atoms with Crippen LogP contribution < -0.4 is 9.80 Å². The molecule has 0 aliphatic carbocycles. The Morgan fingerprint density at radius 1 is 0.912 bits per heavy atom. The van der Waals surface area contributed by atoms with E-state index in [4.69, 9.17) is 12.2 Å². The van der Waals surface area contributed by atoms with Crippen LogP contribution in [-0.2, 0) is 10.2 Å². The first-order chi connectivity index (χ1) is 16.4. The van der Waals surface area contributed by atoms with Crippen molar-refractivity contribution < 1.29 is 4.79 Å². The Morgan fingerprint density at radius 2 is 1.59 bits per heavy atom. The zero-order chi connectivity index (χ0) is 23.9. The number of carbonyl (C=O) groups excluding carboxylic acids is 1. The summed E-state index contributed by atoms with van der Waals surface area (Å²) in [6.07, 6.45) is 4.04.